The molecule has 0 spiro atoms. The van der Waals surface area contributed by atoms with E-state index in [0.717, 1.165) is 5.69 Å². The van der Waals surface area contributed by atoms with Crippen LogP contribution in [-0.2, 0) is 19.1 Å². The molecule has 0 aliphatic heterocycles. The van der Waals surface area contributed by atoms with Crippen molar-refractivity contribution in [2.75, 3.05) is 19.8 Å². The lowest BCUT2D eigenvalue weighted by Gasteiger charge is -2.05. The first-order valence-electron chi connectivity index (χ1n) is 7.79. The Morgan fingerprint density at radius 3 is 2.80 bits per heavy atom. The number of aromatic nitrogens is 4. The zero-order valence-electron chi connectivity index (χ0n) is 14.0. The molecule has 0 radical (unpaired) electrons. The standard InChI is InChI=1S/C15H19N5O5/c1-3-24-12(22)5-4-7-16-11(21)9-25-14(23)13-18-15-17-8-6-10(2)20(15)19-13/h6,8H,3-5,7,9H2,1-2H3,(H,16,21). The molecule has 10 nitrogen and oxygen atoms in total. The number of carbonyl (C=O) groups is 3. The van der Waals surface area contributed by atoms with Gasteiger partial charge in [-0.2, -0.15) is 4.98 Å². The molecule has 10 heteroatoms. The Morgan fingerprint density at radius 2 is 2.08 bits per heavy atom. The molecule has 1 N–H and O–H groups in total. The quantitative estimate of drug-likeness (QED) is 0.523. The number of amides is 1. The molecule has 0 aromatic carbocycles. The number of ether oxygens (including phenoxy) is 2. The molecule has 0 saturated carbocycles. The van der Waals surface area contributed by atoms with Crippen LogP contribution in [0.1, 0.15) is 36.1 Å². The van der Waals surface area contributed by atoms with Crippen LogP contribution < -0.4 is 5.32 Å². The van der Waals surface area contributed by atoms with Crippen molar-refractivity contribution in [3.63, 3.8) is 0 Å². The van der Waals surface area contributed by atoms with E-state index in [4.69, 9.17) is 9.47 Å². The van der Waals surface area contributed by atoms with Gasteiger partial charge in [-0.05, 0) is 26.3 Å². The molecule has 0 aliphatic rings. The number of rotatable bonds is 8. The Labute approximate surface area is 143 Å². The van der Waals surface area contributed by atoms with E-state index < -0.39 is 18.5 Å². The zero-order valence-corrected chi connectivity index (χ0v) is 14.0. The fourth-order valence-electron chi connectivity index (χ4n) is 1.93. The van der Waals surface area contributed by atoms with Crippen molar-refractivity contribution in [2.24, 2.45) is 0 Å². The third-order valence-electron chi connectivity index (χ3n) is 3.13. The SMILES string of the molecule is CCOC(=O)CCCNC(=O)COC(=O)c1nc2nccc(C)n2n1. The van der Waals surface area contributed by atoms with Gasteiger partial charge in [-0.3, -0.25) is 9.59 Å². The Morgan fingerprint density at radius 1 is 1.28 bits per heavy atom. The van der Waals surface area contributed by atoms with Gasteiger partial charge in [-0.25, -0.2) is 14.3 Å². The van der Waals surface area contributed by atoms with Crippen molar-refractivity contribution in [3.05, 3.63) is 23.8 Å². The smallest absolute Gasteiger partial charge is 0.378 e. The summed E-state index contributed by atoms with van der Waals surface area (Å²) in [5.74, 6) is -1.50. The second-order valence-corrected chi connectivity index (χ2v) is 5.07. The van der Waals surface area contributed by atoms with Gasteiger partial charge in [0.1, 0.15) is 0 Å². The number of aryl methyl sites for hydroxylation is 1. The summed E-state index contributed by atoms with van der Waals surface area (Å²) in [4.78, 5) is 42.6. The predicted molar refractivity (Wildman–Crippen MR) is 84.7 cm³/mol. The fourth-order valence-corrected chi connectivity index (χ4v) is 1.93. The van der Waals surface area contributed by atoms with Crippen LogP contribution in [0.3, 0.4) is 0 Å². The van der Waals surface area contributed by atoms with Gasteiger partial charge in [-0.15, -0.1) is 5.10 Å². The van der Waals surface area contributed by atoms with Crippen LogP contribution in [0.4, 0.5) is 0 Å². The largest absolute Gasteiger partial charge is 0.466 e. The van der Waals surface area contributed by atoms with Crippen molar-refractivity contribution < 1.29 is 23.9 Å². The number of hydrogen-bond acceptors (Lipinski definition) is 8. The average Bonchev–Trinajstić information content (AvgIpc) is 3.02. The monoisotopic (exact) mass is 349 g/mol. The number of carbonyl (C=O) groups excluding carboxylic acids is 3. The van der Waals surface area contributed by atoms with Gasteiger partial charge in [0.25, 0.3) is 17.5 Å². The average molecular weight is 349 g/mol. The predicted octanol–water partition coefficient (Wildman–Crippen LogP) is 0.0490. The summed E-state index contributed by atoms with van der Waals surface area (Å²) in [5, 5.41) is 6.53. The second kappa shape index (κ2) is 8.71. The van der Waals surface area contributed by atoms with E-state index in [-0.39, 0.29) is 30.5 Å². The number of hydrogen-bond donors (Lipinski definition) is 1. The van der Waals surface area contributed by atoms with Gasteiger partial charge in [0.15, 0.2) is 6.61 Å². The van der Waals surface area contributed by atoms with Gasteiger partial charge >= 0.3 is 11.9 Å². The topological polar surface area (TPSA) is 125 Å². The fraction of sp³-hybridized carbons (Fsp3) is 0.467. The lowest BCUT2D eigenvalue weighted by molar-refractivity contribution is -0.143. The normalized spacial score (nSPS) is 10.5. The molecule has 0 aliphatic carbocycles. The summed E-state index contributed by atoms with van der Waals surface area (Å²) < 4.78 is 11.0. The van der Waals surface area contributed by atoms with E-state index in [1.807, 2.05) is 0 Å². The van der Waals surface area contributed by atoms with Crippen molar-refractivity contribution in [1.29, 1.82) is 0 Å². The highest BCUT2D eigenvalue weighted by Gasteiger charge is 2.17. The van der Waals surface area contributed by atoms with Gasteiger partial charge in [0.05, 0.1) is 6.61 Å². The highest BCUT2D eigenvalue weighted by atomic mass is 16.5. The van der Waals surface area contributed by atoms with E-state index in [1.165, 1.54) is 4.52 Å². The maximum atomic E-state index is 11.9. The molecule has 0 saturated heterocycles. The van der Waals surface area contributed by atoms with Crippen molar-refractivity contribution in [2.45, 2.75) is 26.7 Å². The van der Waals surface area contributed by atoms with E-state index >= 15 is 0 Å². The Hall–Kier alpha value is -3.04. The molecule has 0 unspecified atom stereocenters. The van der Waals surface area contributed by atoms with Gasteiger partial charge in [0.2, 0.25) is 0 Å². The molecule has 0 atom stereocenters. The van der Waals surface area contributed by atoms with E-state index in [2.05, 4.69) is 20.4 Å². The molecular formula is C15H19N5O5. The maximum Gasteiger partial charge on any atom is 0.378 e. The molecule has 0 bridgehead atoms. The molecule has 25 heavy (non-hydrogen) atoms. The number of esters is 2. The van der Waals surface area contributed by atoms with E-state index in [0.29, 0.717) is 13.0 Å². The van der Waals surface area contributed by atoms with Gasteiger partial charge in [0, 0.05) is 24.9 Å². The number of nitrogens with one attached hydrogen (secondary N) is 1. The molecule has 2 heterocycles. The third kappa shape index (κ3) is 5.23. The highest BCUT2D eigenvalue weighted by molar-refractivity contribution is 5.88. The Balaban J connectivity index is 1.74. The molecular weight excluding hydrogens is 330 g/mol. The van der Waals surface area contributed by atoms with Crippen molar-refractivity contribution in [3.8, 4) is 0 Å². The summed E-state index contributed by atoms with van der Waals surface area (Å²) in [6.07, 6.45) is 2.21. The van der Waals surface area contributed by atoms with Crippen molar-refractivity contribution >= 4 is 23.6 Å². The molecule has 1 amide bonds. The van der Waals surface area contributed by atoms with Crippen LogP contribution in [0.25, 0.3) is 5.78 Å². The minimum absolute atomic E-state index is 0.170. The van der Waals surface area contributed by atoms with Crippen LogP contribution in [0.15, 0.2) is 12.3 Å². The van der Waals surface area contributed by atoms with Crippen LogP contribution in [0.2, 0.25) is 0 Å². The summed E-state index contributed by atoms with van der Waals surface area (Å²) in [7, 11) is 0. The maximum absolute atomic E-state index is 11.9. The first-order chi connectivity index (χ1) is 12.0. The van der Waals surface area contributed by atoms with E-state index in [1.54, 1.807) is 26.1 Å². The van der Waals surface area contributed by atoms with Gasteiger partial charge < -0.3 is 14.8 Å². The van der Waals surface area contributed by atoms with E-state index in [9.17, 15) is 14.4 Å². The molecule has 134 valence electrons. The minimum atomic E-state index is -0.813. The first-order valence-corrected chi connectivity index (χ1v) is 7.79. The zero-order chi connectivity index (χ0) is 18.2. The van der Waals surface area contributed by atoms with Gasteiger partial charge in [-0.1, -0.05) is 0 Å². The third-order valence-corrected chi connectivity index (χ3v) is 3.13. The molecule has 2 aromatic heterocycles. The van der Waals surface area contributed by atoms with Crippen molar-refractivity contribution in [1.82, 2.24) is 24.9 Å². The lowest BCUT2D eigenvalue weighted by atomic mass is 10.3. The second-order valence-electron chi connectivity index (χ2n) is 5.07. The van der Waals surface area contributed by atoms with Crippen LogP contribution in [-0.4, -0.2) is 57.2 Å². The summed E-state index contributed by atoms with van der Waals surface area (Å²) >= 11 is 0. The molecule has 2 rings (SSSR count). The minimum Gasteiger partial charge on any atom is -0.466 e. The summed E-state index contributed by atoms with van der Waals surface area (Å²) in [6.45, 7) is 3.67. The number of nitrogens with zero attached hydrogens (tertiary/aromatic N) is 4. The summed E-state index contributed by atoms with van der Waals surface area (Å²) in [6, 6.07) is 1.72. The Bertz CT molecular complexity index is 773. The van der Waals surface area contributed by atoms with Crippen LogP contribution >= 0.6 is 0 Å². The first kappa shape index (κ1) is 18.3. The lowest BCUT2D eigenvalue weighted by Crippen LogP contribution is -2.30. The highest BCUT2D eigenvalue weighted by Crippen LogP contribution is 2.03. The Kier molecular flexibility index (Phi) is 6.38. The molecule has 0 fully saturated rings. The van der Waals surface area contributed by atoms with Crippen LogP contribution in [0, 0.1) is 6.92 Å². The van der Waals surface area contributed by atoms with Crippen LogP contribution in [0.5, 0.6) is 0 Å². The summed E-state index contributed by atoms with van der Waals surface area (Å²) in [5.41, 5.74) is 0.760. The number of fused-ring (bicyclic) bond motifs is 1. The molecule has 2 aromatic rings.